The van der Waals surface area contributed by atoms with Gasteiger partial charge in [-0.05, 0) is 55.7 Å². The molecule has 3 nitrogen and oxygen atoms in total. The number of aryl methyl sites for hydroxylation is 2. The van der Waals surface area contributed by atoms with E-state index in [1.54, 1.807) is 0 Å². The second-order valence-electron chi connectivity index (χ2n) is 5.19. The molecular weight excluding hydrogens is 262 g/mol. The molecule has 21 heavy (non-hydrogen) atoms. The van der Waals surface area contributed by atoms with Crippen LogP contribution in [-0.4, -0.2) is 12.0 Å². The van der Waals surface area contributed by atoms with Gasteiger partial charge in [-0.2, -0.15) is 0 Å². The van der Waals surface area contributed by atoms with Crippen LogP contribution in [0.15, 0.2) is 48.5 Å². The molecule has 0 aliphatic rings. The van der Waals surface area contributed by atoms with Crippen LogP contribution in [0.25, 0.3) is 0 Å². The summed E-state index contributed by atoms with van der Waals surface area (Å²) in [6, 6.07) is 15.4. The van der Waals surface area contributed by atoms with Crippen LogP contribution in [0.3, 0.4) is 0 Å². The van der Waals surface area contributed by atoms with Crippen molar-refractivity contribution in [1.82, 2.24) is 0 Å². The smallest absolute Gasteiger partial charge is 0.265 e. The Morgan fingerprint density at radius 1 is 1.10 bits per heavy atom. The lowest BCUT2D eigenvalue weighted by atomic mass is 10.1. The van der Waals surface area contributed by atoms with Crippen LogP contribution < -0.4 is 10.1 Å². The molecule has 0 aliphatic carbocycles. The lowest BCUT2D eigenvalue weighted by Gasteiger charge is -2.17. The van der Waals surface area contributed by atoms with E-state index in [9.17, 15) is 4.79 Å². The number of amides is 1. The number of rotatable bonds is 5. The molecule has 1 atom stereocenters. The molecular formula is C18H21NO2. The molecule has 0 bridgehead atoms. The van der Waals surface area contributed by atoms with E-state index in [0.29, 0.717) is 12.2 Å². The highest BCUT2D eigenvalue weighted by atomic mass is 16.5. The molecule has 1 unspecified atom stereocenters. The number of carbonyl (C=O) groups is 1. The molecule has 0 radical (unpaired) electrons. The predicted molar refractivity (Wildman–Crippen MR) is 85.7 cm³/mol. The maximum atomic E-state index is 12.3. The van der Waals surface area contributed by atoms with Crippen molar-refractivity contribution in [3.63, 3.8) is 0 Å². The predicted octanol–water partition coefficient (Wildman–Crippen LogP) is 4.10. The second-order valence-corrected chi connectivity index (χ2v) is 5.19. The highest BCUT2D eigenvalue weighted by Gasteiger charge is 2.18. The summed E-state index contributed by atoms with van der Waals surface area (Å²) in [7, 11) is 0. The summed E-state index contributed by atoms with van der Waals surface area (Å²) in [6.07, 6.45) is 0.124. The normalized spacial score (nSPS) is 11.8. The van der Waals surface area contributed by atoms with Crippen molar-refractivity contribution in [1.29, 1.82) is 0 Å². The largest absolute Gasteiger partial charge is 0.481 e. The first-order chi connectivity index (χ1) is 10.1. The summed E-state index contributed by atoms with van der Waals surface area (Å²) < 4.78 is 5.75. The molecule has 2 aromatic carbocycles. The van der Waals surface area contributed by atoms with E-state index < -0.39 is 6.10 Å². The molecule has 2 aromatic rings. The van der Waals surface area contributed by atoms with Gasteiger partial charge in [0.15, 0.2) is 6.10 Å². The van der Waals surface area contributed by atoms with Gasteiger partial charge in [-0.15, -0.1) is 0 Å². The zero-order valence-electron chi connectivity index (χ0n) is 12.7. The molecule has 3 heteroatoms. The molecule has 2 rings (SSSR count). The lowest BCUT2D eigenvalue weighted by molar-refractivity contribution is -0.122. The Hall–Kier alpha value is -2.29. The highest BCUT2D eigenvalue weighted by molar-refractivity contribution is 5.94. The summed E-state index contributed by atoms with van der Waals surface area (Å²) in [4.78, 5) is 12.3. The van der Waals surface area contributed by atoms with Gasteiger partial charge in [0.2, 0.25) is 0 Å². The van der Waals surface area contributed by atoms with E-state index >= 15 is 0 Å². The standard InChI is InChI=1S/C18H21NO2/c1-4-17(21-16-8-6-5-7-9-16)18(20)19-15-11-13(2)10-14(3)12-15/h5-12,17H,4H2,1-3H3,(H,19,20). The topological polar surface area (TPSA) is 38.3 Å². The third-order valence-corrected chi connectivity index (χ3v) is 3.17. The molecule has 0 saturated heterocycles. The van der Waals surface area contributed by atoms with Gasteiger partial charge in [-0.3, -0.25) is 4.79 Å². The highest BCUT2D eigenvalue weighted by Crippen LogP contribution is 2.17. The Morgan fingerprint density at radius 3 is 2.29 bits per heavy atom. The van der Waals surface area contributed by atoms with Gasteiger partial charge in [0.25, 0.3) is 5.91 Å². The Morgan fingerprint density at radius 2 is 1.71 bits per heavy atom. The number of nitrogens with one attached hydrogen (secondary N) is 1. The Labute approximate surface area is 126 Å². The van der Waals surface area contributed by atoms with Gasteiger partial charge in [0.1, 0.15) is 5.75 Å². The molecule has 0 aromatic heterocycles. The minimum atomic E-state index is -0.492. The maximum absolute atomic E-state index is 12.3. The minimum Gasteiger partial charge on any atom is -0.481 e. The summed E-state index contributed by atoms with van der Waals surface area (Å²) in [6.45, 7) is 5.97. The number of hydrogen-bond acceptors (Lipinski definition) is 2. The third kappa shape index (κ3) is 4.35. The first-order valence-electron chi connectivity index (χ1n) is 7.19. The first-order valence-corrected chi connectivity index (χ1v) is 7.19. The molecule has 0 heterocycles. The molecule has 0 saturated carbocycles. The molecule has 0 fully saturated rings. The fraction of sp³-hybridized carbons (Fsp3) is 0.278. The van der Waals surface area contributed by atoms with E-state index in [1.807, 2.05) is 63.2 Å². The van der Waals surface area contributed by atoms with Gasteiger partial charge in [-0.25, -0.2) is 0 Å². The Kier molecular flexibility index (Phi) is 4.99. The summed E-state index contributed by atoms with van der Waals surface area (Å²) in [5.74, 6) is 0.589. The number of hydrogen-bond donors (Lipinski definition) is 1. The van der Waals surface area contributed by atoms with Gasteiger partial charge in [-0.1, -0.05) is 31.2 Å². The number of para-hydroxylation sites is 1. The fourth-order valence-corrected chi connectivity index (χ4v) is 2.26. The number of ether oxygens (including phenoxy) is 1. The zero-order valence-corrected chi connectivity index (χ0v) is 12.7. The van der Waals surface area contributed by atoms with Crippen LogP contribution in [0.1, 0.15) is 24.5 Å². The van der Waals surface area contributed by atoms with Crippen LogP contribution >= 0.6 is 0 Å². The van der Waals surface area contributed by atoms with Gasteiger partial charge >= 0.3 is 0 Å². The monoisotopic (exact) mass is 283 g/mol. The second kappa shape index (κ2) is 6.93. The summed E-state index contributed by atoms with van der Waals surface area (Å²) in [5, 5.41) is 2.93. The zero-order chi connectivity index (χ0) is 15.2. The number of benzene rings is 2. The molecule has 0 spiro atoms. The molecule has 0 aliphatic heterocycles. The fourth-order valence-electron chi connectivity index (χ4n) is 2.26. The van der Waals surface area contributed by atoms with Crippen molar-refractivity contribution in [2.45, 2.75) is 33.3 Å². The van der Waals surface area contributed by atoms with Crippen molar-refractivity contribution in [2.24, 2.45) is 0 Å². The van der Waals surface area contributed by atoms with E-state index in [4.69, 9.17) is 4.74 Å². The summed E-state index contributed by atoms with van der Waals surface area (Å²) in [5.41, 5.74) is 3.07. The average molecular weight is 283 g/mol. The van der Waals surface area contributed by atoms with E-state index in [2.05, 4.69) is 11.4 Å². The SMILES string of the molecule is CCC(Oc1ccccc1)C(=O)Nc1cc(C)cc(C)c1. The van der Waals surface area contributed by atoms with Crippen molar-refractivity contribution >= 4 is 11.6 Å². The Balaban J connectivity index is 2.06. The number of carbonyl (C=O) groups excluding carboxylic acids is 1. The van der Waals surface area contributed by atoms with Crippen molar-refractivity contribution in [2.75, 3.05) is 5.32 Å². The van der Waals surface area contributed by atoms with E-state index in [0.717, 1.165) is 16.8 Å². The molecule has 1 N–H and O–H groups in total. The average Bonchev–Trinajstić information content (AvgIpc) is 2.44. The van der Waals surface area contributed by atoms with Crippen LogP contribution in [0, 0.1) is 13.8 Å². The van der Waals surface area contributed by atoms with Crippen LogP contribution in [0.2, 0.25) is 0 Å². The number of anilines is 1. The maximum Gasteiger partial charge on any atom is 0.265 e. The third-order valence-electron chi connectivity index (χ3n) is 3.17. The van der Waals surface area contributed by atoms with Crippen molar-refractivity contribution in [3.05, 3.63) is 59.7 Å². The van der Waals surface area contributed by atoms with Crippen LogP contribution in [0.4, 0.5) is 5.69 Å². The van der Waals surface area contributed by atoms with Crippen LogP contribution in [0.5, 0.6) is 5.75 Å². The van der Waals surface area contributed by atoms with Crippen LogP contribution in [-0.2, 0) is 4.79 Å². The van der Waals surface area contributed by atoms with Gasteiger partial charge in [0, 0.05) is 5.69 Å². The Bertz CT molecular complexity index is 588. The quantitative estimate of drug-likeness (QED) is 0.897. The minimum absolute atomic E-state index is 0.119. The van der Waals surface area contributed by atoms with Crippen molar-refractivity contribution < 1.29 is 9.53 Å². The van der Waals surface area contributed by atoms with Crippen molar-refractivity contribution in [3.8, 4) is 5.75 Å². The van der Waals surface area contributed by atoms with E-state index in [-0.39, 0.29) is 5.91 Å². The molecule has 110 valence electrons. The van der Waals surface area contributed by atoms with Gasteiger partial charge in [0.05, 0.1) is 0 Å². The lowest BCUT2D eigenvalue weighted by Crippen LogP contribution is -2.32. The molecule has 1 amide bonds. The summed E-state index contributed by atoms with van der Waals surface area (Å²) >= 11 is 0. The van der Waals surface area contributed by atoms with Gasteiger partial charge < -0.3 is 10.1 Å². The van der Waals surface area contributed by atoms with E-state index in [1.165, 1.54) is 0 Å². The first kappa shape index (κ1) is 15.1.